The molecule has 0 unspecified atom stereocenters. The lowest BCUT2D eigenvalue weighted by atomic mass is 9.94. The van der Waals surface area contributed by atoms with Crippen LogP contribution in [0.1, 0.15) is 22.7 Å². The molecule has 4 aromatic rings. The van der Waals surface area contributed by atoms with Crippen LogP contribution in [0.2, 0.25) is 0 Å². The average Bonchev–Trinajstić information content (AvgIpc) is 3.45. The number of thiazole rings is 1. The van der Waals surface area contributed by atoms with Crippen molar-refractivity contribution in [3.63, 3.8) is 0 Å². The number of benzene rings is 3. The van der Waals surface area contributed by atoms with E-state index in [1.165, 1.54) is 23.3 Å². The summed E-state index contributed by atoms with van der Waals surface area (Å²) in [5, 5.41) is 11.7. The molecule has 1 aliphatic rings. The van der Waals surface area contributed by atoms with E-state index in [4.69, 9.17) is 14.2 Å². The molecule has 0 bridgehead atoms. The van der Waals surface area contributed by atoms with Gasteiger partial charge < -0.3 is 19.3 Å². The zero-order chi connectivity index (χ0) is 26.3. The maximum absolute atomic E-state index is 13.5. The minimum atomic E-state index is -0.917. The molecule has 0 radical (unpaired) electrons. The first-order valence-electron chi connectivity index (χ1n) is 11.4. The predicted molar refractivity (Wildman–Crippen MR) is 142 cm³/mol. The summed E-state index contributed by atoms with van der Waals surface area (Å²) < 4.78 is 16.8. The van der Waals surface area contributed by atoms with Crippen LogP contribution < -0.4 is 19.1 Å². The van der Waals surface area contributed by atoms with Gasteiger partial charge in [-0.3, -0.25) is 14.5 Å². The lowest BCUT2D eigenvalue weighted by molar-refractivity contribution is -0.132. The molecule has 188 valence electrons. The number of aliphatic hydroxyl groups is 1. The summed E-state index contributed by atoms with van der Waals surface area (Å²) in [7, 11) is 4.67. The number of aromatic nitrogens is 1. The molecule has 1 saturated heterocycles. The number of aryl methyl sites for hydroxylation is 1. The molecule has 0 saturated carbocycles. The number of aliphatic hydroxyl groups excluding tert-OH is 1. The van der Waals surface area contributed by atoms with Crippen molar-refractivity contribution in [1.29, 1.82) is 0 Å². The van der Waals surface area contributed by atoms with E-state index in [2.05, 4.69) is 4.98 Å². The van der Waals surface area contributed by atoms with Crippen LogP contribution in [0.15, 0.2) is 66.2 Å². The van der Waals surface area contributed by atoms with Crippen LogP contribution in [0, 0.1) is 6.92 Å². The number of carbonyl (C=O) groups excluding carboxylic acids is 2. The third-order valence-electron chi connectivity index (χ3n) is 6.31. The predicted octanol–water partition coefficient (Wildman–Crippen LogP) is 5.26. The molecule has 8 nitrogen and oxygen atoms in total. The third-order valence-corrected chi connectivity index (χ3v) is 7.33. The van der Waals surface area contributed by atoms with Gasteiger partial charge in [-0.15, -0.1) is 0 Å². The van der Waals surface area contributed by atoms with Gasteiger partial charge in [0.05, 0.1) is 43.2 Å². The molecule has 0 aliphatic carbocycles. The van der Waals surface area contributed by atoms with Gasteiger partial charge in [-0.05, 0) is 66.6 Å². The molecule has 5 rings (SSSR count). The molecule has 1 aliphatic heterocycles. The molecular formula is C28H24N2O6S. The number of ether oxygens (including phenoxy) is 3. The fourth-order valence-electron chi connectivity index (χ4n) is 4.46. The Morgan fingerprint density at radius 3 is 2.41 bits per heavy atom. The average molecular weight is 517 g/mol. The summed E-state index contributed by atoms with van der Waals surface area (Å²) in [6, 6.07) is 16.6. The van der Waals surface area contributed by atoms with E-state index < -0.39 is 17.7 Å². The van der Waals surface area contributed by atoms with Crippen LogP contribution in [-0.4, -0.2) is 43.1 Å². The SMILES string of the molecule is COc1cccc([C@@H]2C(=C(O)c3ccc(OC)c(C)c3)C(=O)C(=O)N2c2nc3ccc(OC)cc3s2)c1. The number of carbonyl (C=O) groups is 2. The minimum absolute atomic E-state index is 0.0281. The summed E-state index contributed by atoms with van der Waals surface area (Å²) in [6.07, 6.45) is 0. The highest BCUT2D eigenvalue weighted by atomic mass is 32.1. The fourth-order valence-corrected chi connectivity index (χ4v) is 5.48. The number of methoxy groups -OCH3 is 3. The van der Waals surface area contributed by atoms with Crippen LogP contribution >= 0.6 is 11.3 Å². The van der Waals surface area contributed by atoms with E-state index in [1.54, 1.807) is 68.8 Å². The highest BCUT2D eigenvalue weighted by molar-refractivity contribution is 7.22. The number of nitrogens with zero attached hydrogens (tertiary/aromatic N) is 2. The quantitative estimate of drug-likeness (QED) is 0.212. The Labute approximate surface area is 217 Å². The zero-order valence-electron chi connectivity index (χ0n) is 20.6. The van der Waals surface area contributed by atoms with E-state index >= 15 is 0 Å². The van der Waals surface area contributed by atoms with Crippen molar-refractivity contribution in [3.05, 3.63) is 82.9 Å². The van der Waals surface area contributed by atoms with Crippen LogP contribution in [-0.2, 0) is 9.59 Å². The van der Waals surface area contributed by atoms with Crippen molar-refractivity contribution < 1.29 is 28.9 Å². The molecule has 37 heavy (non-hydrogen) atoms. The Balaban J connectivity index is 1.72. The largest absolute Gasteiger partial charge is 0.507 e. The summed E-state index contributed by atoms with van der Waals surface area (Å²) in [4.78, 5) is 32.9. The topological polar surface area (TPSA) is 98.2 Å². The van der Waals surface area contributed by atoms with E-state index in [9.17, 15) is 14.7 Å². The normalized spacial score (nSPS) is 16.9. The van der Waals surface area contributed by atoms with Crippen molar-refractivity contribution in [1.82, 2.24) is 4.98 Å². The smallest absolute Gasteiger partial charge is 0.301 e. The molecule has 3 aromatic carbocycles. The fraction of sp³-hybridized carbons (Fsp3) is 0.179. The maximum Gasteiger partial charge on any atom is 0.301 e. The standard InChI is InChI=1S/C28H24N2O6S/c1-15-12-17(8-11-21(15)36-4)25(31)23-24(16-6-5-7-18(13-16)34-2)30(27(33)26(23)32)28-29-20-10-9-19(35-3)14-22(20)37-28/h5-14,24,31H,1-4H3/t24-/m1/s1. The molecule has 2 heterocycles. The van der Waals surface area contributed by atoms with Gasteiger partial charge in [0, 0.05) is 5.56 Å². The Kier molecular flexibility index (Phi) is 6.31. The summed E-state index contributed by atoms with van der Waals surface area (Å²) in [6.45, 7) is 1.84. The number of amides is 1. The van der Waals surface area contributed by atoms with Crippen LogP contribution in [0.25, 0.3) is 16.0 Å². The van der Waals surface area contributed by atoms with Crippen molar-refractivity contribution >= 4 is 44.1 Å². The number of Topliss-reactive ketones (excluding diaryl/α,β-unsaturated/α-hetero) is 1. The Morgan fingerprint density at radius 1 is 0.946 bits per heavy atom. The molecule has 9 heteroatoms. The first kappa shape index (κ1) is 24.3. The molecule has 1 aromatic heterocycles. The number of ketones is 1. The van der Waals surface area contributed by atoms with Crippen molar-refractivity contribution in [2.75, 3.05) is 26.2 Å². The first-order chi connectivity index (χ1) is 17.9. The highest BCUT2D eigenvalue weighted by Crippen LogP contribution is 2.45. The molecule has 1 N–H and O–H groups in total. The number of fused-ring (bicyclic) bond motifs is 1. The first-order valence-corrected chi connectivity index (χ1v) is 12.2. The monoisotopic (exact) mass is 516 g/mol. The van der Waals surface area contributed by atoms with Crippen molar-refractivity contribution in [2.24, 2.45) is 0 Å². The van der Waals surface area contributed by atoms with Crippen LogP contribution in [0.4, 0.5) is 5.13 Å². The van der Waals surface area contributed by atoms with Gasteiger partial charge in [0.2, 0.25) is 0 Å². The molecule has 1 fully saturated rings. The van der Waals surface area contributed by atoms with Crippen LogP contribution in [0.3, 0.4) is 0 Å². The minimum Gasteiger partial charge on any atom is -0.507 e. The molecular weight excluding hydrogens is 492 g/mol. The number of rotatable bonds is 6. The third kappa shape index (κ3) is 4.17. The van der Waals surface area contributed by atoms with Crippen molar-refractivity contribution in [3.8, 4) is 17.2 Å². The maximum atomic E-state index is 13.5. The molecule has 1 amide bonds. The summed E-state index contributed by atoms with van der Waals surface area (Å²) >= 11 is 1.26. The highest BCUT2D eigenvalue weighted by Gasteiger charge is 2.48. The Morgan fingerprint density at radius 2 is 1.70 bits per heavy atom. The van der Waals surface area contributed by atoms with E-state index in [-0.39, 0.29) is 11.3 Å². The van der Waals surface area contributed by atoms with Gasteiger partial charge in [0.1, 0.15) is 23.0 Å². The van der Waals surface area contributed by atoms with Gasteiger partial charge in [0.25, 0.3) is 5.78 Å². The second-order valence-electron chi connectivity index (χ2n) is 8.46. The van der Waals surface area contributed by atoms with E-state index in [1.807, 2.05) is 13.0 Å². The molecule has 0 spiro atoms. The number of anilines is 1. The zero-order valence-corrected chi connectivity index (χ0v) is 21.5. The lowest BCUT2D eigenvalue weighted by Gasteiger charge is -2.23. The van der Waals surface area contributed by atoms with Crippen molar-refractivity contribution in [2.45, 2.75) is 13.0 Å². The second-order valence-corrected chi connectivity index (χ2v) is 9.47. The van der Waals surface area contributed by atoms with E-state index in [0.717, 1.165) is 10.3 Å². The van der Waals surface area contributed by atoms with Gasteiger partial charge >= 0.3 is 5.91 Å². The Hall–Kier alpha value is -4.37. The van der Waals surface area contributed by atoms with Gasteiger partial charge in [-0.1, -0.05) is 23.5 Å². The second kappa shape index (κ2) is 9.59. The summed E-state index contributed by atoms with van der Waals surface area (Å²) in [5.74, 6) is 0.0103. The molecule has 1 atom stereocenters. The van der Waals surface area contributed by atoms with Crippen LogP contribution in [0.5, 0.6) is 17.2 Å². The van der Waals surface area contributed by atoms with Gasteiger partial charge in [-0.2, -0.15) is 0 Å². The number of hydrogen-bond donors (Lipinski definition) is 1. The van der Waals surface area contributed by atoms with Gasteiger partial charge in [-0.25, -0.2) is 4.98 Å². The summed E-state index contributed by atoms with van der Waals surface area (Å²) in [5.41, 5.74) is 2.41. The lowest BCUT2D eigenvalue weighted by Crippen LogP contribution is -2.29. The van der Waals surface area contributed by atoms with Gasteiger partial charge in [0.15, 0.2) is 5.13 Å². The van der Waals surface area contributed by atoms with E-state index in [0.29, 0.717) is 39.0 Å². The Bertz CT molecular complexity index is 1570. The number of hydrogen-bond acceptors (Lipinski definition) is 8.